The van der Waals surface area contributed by atoms with Gasteiger partial charge in [-0.05, 0) is 38.8 Å². The number of benzene rings is 1. The van der Waals surface area contributed by atoms with Gasteiger partial charge in [0, 0.05) is 18.2 Å². The van der Waals surface area contributed by atoms with E-state index in [9.17, 15) is 4.79 Å². The summed E-state index contributed by atoms with van der Waals surface area (Å²) >= 11 is 0. The Morgan fingerprint density at radius 1 is 1.23 bits per heavy atom. The number of hydrogen-bond donors (Lipinski definition) is 2. The first-order chi connectivity index (χ1) is 10.6. The SMILES string of the molecule is Cc1nc(-c2ccccc2)ccc1C(=O)NC(C)CCCO. The number of rotatable bonds is 6. The molecule has 0 aliphatic carbocycles. The van der Waals surface area contributed by atoms with Crippen LogP contribution < -0.4 is 5.32 Å². The maximum absolute atomic E-state index is 12.3. The van der Waals surface area contributed by atoms with E-state index in [4.69, 9.17) is 5.11 Å². The lowest BCUT2D eigenvalue weighted by molar-refractivity contribution is 0.0935. The van der Waals surface area contributed by atoms with Gasteiger partial charge in [0.15, 0.2) is 0 Å². The fraction of sp³-hybridized carbons (Fsp3) is 0.333. The first-order valence-electron chi connectivity index (χ1n) is 7.56. The fourth-order valence-electron chi connectivity index (χ4n) is 2.34. The number of aliphatic hydroxyl groups excluding tert-OH is 1. The quantitative estimate of drug-likeness (QED) is 0.862. The Hall–Kier alpha value is -2.20. The Bertz CT molecular complexity index is 626. The highest BCUT2D eigenvalue weighted by Gasteiger charge is 2.13. The maximum atomic E-state index is 12.3. The van der Waals surface area contributed by atoms with Gasteiger partial charge in [0.25, 0.3) is 5.91 Å². The van der Waals surface area contributed by atoms with Gasteiger partial charge in [0.2, 0.25) is 0 Å². The predicted octanol–water partition coefficient (Wildman–Crippen LogP) is 2.95. The monoisotopic (exact) mass is 298 g/mol. The van der Waals surface area contributed by atoms with Gasteiger partial charge in [-0.25, -0.2) is 0 Å². The van der Waals surface area contributed by atoms with Crippen molar-refractivity contribution < 1.29 is 9.90 Å². The van der Waals surface area contributed by atoms with Crippen LogP contribution in [0.5, 0.6) is 0 Å². The van der Waals surface area contributed by atoms with Crippen LogP contribution in [0, 0.1) is 6.92 Å². The summed E-state index contributed by atoms with van der Waals surface area (Å²) in [5.74, 6) is -0.116. The second kappa shape index (κ2) is 7.71. The molecule has 4 heteroatoms. The highest BCUT2D eigenvalue weighted by Crippen LogP contribution is 2.18. The van der Waals surface area contributed by atoms with Crippen molar-refractivity contribution in [3.8, 4) is 11.3 Å². The molecule has 0 saturated carbocycles. The minimum atomic E-state index is -0.116. The van der Waals surface area contributed by atoms with Gasteiger partial charge < -0.3 is 10.4 Å². The number of pyridine rings is 1. The van der Waals surface area contributed by atoms with E-state index in [2.05, 4.69) is 10.3 Å². The van der Waals surface area contributed by atoms with E-state index in [1.54, 1.807) is 0 Å². The molecule has 1 heterocycles. The Morgan fingerprint density at radius 2 is 1.95 bits per heavy atom. The third kappa shape index (κ3) is 4.15. The summed E-state index contributed by atoms with van der Waals surface area (Å²) in [6, 6.07) is 13.6. The molecular weight excluding hydrogens is 276 g/mol. The molecule has 2 rings (SSSR count). The van der Waals surface area contributed by atoms with Gasteiger partial charge in [0.1, 0.15) is 0 Å². The van der Waals surface area contributed by atoms with Gasteiger partial charge in [-0.3, -0.25) is 9.78 Å². The molecule has 0 saturated heterocycles. The van der Waals surface area contributed by atoms with Crippen LogP contribution in [0.15, 0.2) is 42.5 Å². The molecule has 1 amide bonds. The molecule has 2 N–H and O–H groups in total. The van der Waals surface area contributed by atoms with Crippen molar-refractivity contribution in [3.63, 3.8) is 0 Å². The number of nitrogens with zero attached hydrogens (tertiary/aromatic N) is 1. The van der Waals surface area contributed by atoms with Crippen molar-refractivity contribution in [3.05, 3.63) is 53.7 Å². The standard InChI is InChI=1S/C18H22N2O2/c1-13(7-6-12-21)19-18(22)16-10-11-17(20-14(16)2)15-8-4-3-5-9-15/h3-5,8-11,13,21H,6-7,12H2,1-2H3,(H,19,22). The van der Waals surface area contributed by atoms with Crippen molar-refractivity contribution in [1.29, 1.82) is 0 Å². The molecule has 0 aliphatic rings. The van der Waals surface area contributed by atoms with Crippen molar-refractivity contribution >= 4 is 5.91 Å². The smallest absolute Gasteiger partial charge is 0.253 e. The molecule has 1 atom stereocenters. The lowest BCUT2D eigenvalue weighted by atomic mass is 10.1. The third-order valence-corrected chi connectivity index (χ3v) is 3.57. The third-order valence-electron chi connectivity index (χ3n) is 3.57. The first kappa shape index (κ1) is 16.2. The summed E-state index contributed by atoms with van der Waals surface area (Å²) in [5, 5.41) is 11.8. The number of carbonyl (C=O) groups is 1. The van der Waals surface area contributed by atoms with Crippen LogP contribution in [0.2, 0.25) is 0 Å². The van der Waals surface area contributed by atoms with Crippen LogP contribution in [0.3, 0.4) is 0 Å². The Kier molecular flexibility index (Phi) is 5.67. The molecule has 1 aromatic heterocycles. The summed E-state index contributed by atoms with van der Waals surface area (Å²) in [6.07, 6.45) is 1.45. The van der Waals surface area contributed by atoms with Crippen LogP contribution in [0.4, 0.5) is 0 Å². The summed E-state index contributed by atoms with van der Waals surface area (Å²) < 4.78 is 0. The van der Waals surface area contributed by atoms with E-state index < -0.39 is 0 Å². The molecule has 4 nitrogen and oxygen atoms in total. The topological polar surface area (TPSA) is 62.2 Å². The second-order valence-corrected chi connectivity index (χ2v) is 5.44. The van der Waals surface area contributed by atoms with Crippen LogP contribution >= 0.6 is 0 Å². The molecular formula is C18H22N2O2. The normalized spacial score (nSPS) is 12.0. The molecule has 2 aromatic rings. The number of aromatic nitrogens is 1. The van der Waals surface area contributed by atoms with E-state index in [0.717, 1.165) is 17.7 Å². The molecule has 1 unspecified atom stereocenters. The van der Waals surface area contributed by atoms with Gasteiger partial charge >= 0.3 is 0 Å². The van der Waals surface area contributed by atoms with Crippen LogP contribution in [0.25, 0.3) is 11.3 Å². The lowest BCUT2D eigenvalue weighted by Crippen LogP contribution is -2.33. The van der Waals surface area contributed by atoms with Crippen molar-refractivity contribution in [2.24, 2.45) is 0 Å². The number of aryl methyl sites for hydroxylation is 1. The van der Waals surface area contributed by atoms with Gasteiger partial charge in [-0.15, -0.1) is 0 Å². The summed E-state index contributed by atoms with van der Waals surface area (Å²) in [6.45, 7) is 3.93. The first-order valence-corrected chi connectivity index (χ1v) is 7.56. The van der Waals surface area contributed by atoms with E-state index in [1.165, 1.54) is 0 Å². The number of aliphatic hydroxyl groups is 1. The molecule has 1 aromatic carbocycles. The Morgan fingerprint density at radius 3 is 2.59 bits per heavy atom. The van der Waals surface area contributed by atoms with E-state index in [1.807, 2.05) is 56.3 Å². The largest absolute Gasteiger partial charge is 0.396 e. The van der Waals surface area contributed by atoms with E-state index in [-0.39, 0.29) is 18.6 Å². The highest BCUT2D eigenvalue weighted by atomic mass is 16.3. The average Bonchev–Trinajstić information content (AvgIpc) is 2.53. The zero-order valence-electron chi connectivity index (χ0n) is 13.0. The maximum Gasteiger partial charge on any atom is 0.253 e. The van der Waals surface area contributed by atoms with Crippen LogP contribution in [0.1, 0.15) is 35.8 Å². The molecule has 22 heavy (non-hydrogen) atoms. The van der Waals surface area contributed by atoms with Crippen LogP contribution in [-0.4, -0.2) is 28.6 Å². The van der Waals surface area contributed by atoms with Gasteiger partial charge in [-0.2, -0.15) is 0 Å². The predicted molar refractivity (Wildman–Crippen MR) is 87.7 cm³/mol. The zero-order valence-corrected chi connectivity index (χ0v) is 13.0. The van der Waals surface area contributed by atoms with Crippen LogP contribution in [-0.2, 0) is 0 Å². The molecule has 0 radical (unpaired) electrons. The molecule has 0 spiro atoms. The Labute approximate surface area is 131 Å². The molecule has 0 fully saturated rings. The number of hydrogen-bond acceptors (Lipinski definition) is 3. The zero-order chi connectivity index (χ0) is 15.9. The van der Waals surface area contributed by atoms with Crippen molar-refractivity contribution in [2.75, 3.05) is 6.61 Å². The minimum Gasteiger partial charge on any atom is -0.396 e. The average molecular weight is 298 g/mol. The van der Waals surface area contributed by atoms with Crippen molar-refractivity contribution in [2.45, 2.75) is 32.7 Å². The number of amides is 1. The van der Waals surface area contributed by atoms with Crippen molar-refractivity contribution in [1.82, 2.24) is 10.3 Å². The second-order valence-electron chi connectivity index (χ2n) is 5.44. The number of carbonyl (C=O) groups excluding carboxylic acids is 1. The summed E-state index contributed by atoms with van der Waals surface area (Å²) in [4.78, 5) is 16.8. The highest BCUT2D eigenvalue weighted by molar-refractivity contribution is 5.95. The van der Waals surface area contributed by atoms with E-state index >= 15 is 0 Å². The molecule has 116 valence electrons. The van der Waals surface area contributed by atoms with E-state index in [0.29, 0.717) is 17.7 Å². The van der Waals surface area contributed by atoms with Gasteiger partial charge in [0.05, 0.1) is 17.0 Å². The molecule has 0 bridgehead atoms. The summed E-state index contributed by atoms with van der Waals surface area (Å²) in [5.41, 5.74) is 3.21. The minimum absolute atomic E-state index is 0.0350. The Balaban J connectivity index is 2.11. The number of nitrogens with one attached hydrogen (secondary N) is 1. The fourth-order valence-corrected chi connectivity index (χ4v) is 2.34. The van der Waals surface area contributed by atoms with Gasteiger partial charge in [-0.1, -0.05) is 30.3 Å². The summed E-state index contributed by atoms with van der Waals surface area (Å²) in [7, 11) is 0. The molecule has 0 aliphatic heterocycles. The lowest BCUT2D eigenvalue weighted by Gasteiger charge is -2.14.